The Kier molecular flexibility index (Phi) is 3.31. The molecule has 0 spiro atoms. The summed E-state index contributed by atoms with van der Waals surface area (Å²) in [5, 5.41) is 0. The molecule has 1 aromatic carbocycles. The van der Waals surface area contributed by atoms with Gasteiger partial charge in [-0.3, -0.25) is 0 Å². The summed E-state index contributed by atoms with van der Waals surface area (Å²) in [5.41, 5.74) is 6.33. The molecule has 1 aromatic rings. The largest absolute Gasteiger partial charge is 0.0795 e. The molecule has 0 heteroatoms. The van der Waals surface area contributed by atoms with Crippen molar-refractivity contribution in [2.75, 3.05) is 0 Å². The van der Waals surface area contributed by atoms with E-state index in [4.69, 9.17) is 0 Å². The van der Waals surface area contributed by atoms with Crippen molar-refractivity contribution in [3.8, 4) is 0 Å². The van der Waals surface area contributed by atoms with E-state index in [1.165, 1.54) is 56.9 Å². The molecule has 0 saturated carbocycles. The second-order valence-electron chi connectivity index (χ2n) is 5.55. The van der Waals surface area contributed by atoms with Crippen molar-refractivity contribution in [2.24, 2.45) is 0 Å². The zero-order chi connectivity index (χ0) is 11.5. The molecule has 0 amide bonds. The predicted molar refractivity (Wildman–Crippen MR) is 74.3 cm³/mol. The average molecular weight is 226 g/mol. The van der Waals surface area contributed by atoms with E-state index in [0.717, 1.165) is 6.42 Å². The third kappa shape index (κ3) is 2.46. The summed E-state index contributed by atoms with van der Waals surface area (Å²) in [6.07, 6.45) is 16.9. The summed E-state index contributed by atoms with van der Waals surface area (Å²) >= 11 is 0. The third-order valence-electron chi connectivity index (χ3n) is 4.24. The number of allylic oxidation sites excluding steroid dienone is 1. The number of aryl methyl sites for hydroxylation is 2. The lowest BCUT2D eigenvalue weighted by atomic mass is 9.91. The molecule has 90 valence electrons. The molecule has 0 aliphatic heterocycles. The van der Waals surface area contributed by atoms with Gasteiger partial charge in [-0.25, -0.2) is 0 Å². The Morgan fingerprint density at radius 1 is 0.647 bits per heavy atom. The van der Waals surface area contributed by atoms with E-state index in [0.29, 0.717) is 0 Å². The van der Waals surface area contributed by atoms with Gasteiger partial charge in [0.2, 0.25) is 0 Å². The van der Waals surface area contributed by atoms with Crippen LogP contribution in [0.1, 0.15) is 60.8 Å². The Bertz CT molecular complexity index is 426. The first kappa shape index (κ1) is 11.1. The summed E-state index contributed by atoms with van der Waals surface area (Å²) < 4.78 is 0. The molecule has 0 atom stereocenters. The van der Waals surface area contributed by atoms with Gasteiger partial charge < -0.3 is 0 Å². The smallest absolute Gasteiger partial charge is 0.00881 e. The molecular formula is C17H22. The van der Waals surface area contributed by atoms with Gasteiger partial charge in [0.1, 0.15) is 0 Å². The highest BCUT2D eigenvalue weighted by atomic mass is 14.2. The van der Waals surface area contributed by atoms with E-state index in [2.05, 4.69) is 24.3 Å². The first-order valence-electron chi connectivity index (χ1n) is 7.25. The van der Waals surface area contributed by atoms with Crippen molar-refractivity contribution < 1.29 is 0 Å². The van der Waals surface area contributed by atoms with Crippen molar-refractivity contribution in [3.05, 3.63) is 40.5 Å². The lowest BCUT2D eigenvalue weighted by Crippen LogP contribution is -2.00. The summed E-state index contributed by atoms with van der Waals surface area (Å²) in [4.78, 5) is 0. The van der Waals surface area contributed by atoms with Gasteiger partial charge in [-0.05, 0) is 54.4 Å². The fraction of sp³-hybridized carbons (Fsp3) is 0.529. The summed E-state index contributed by atoms with van der Waals surface area (Å²) in [6, 6.07) is 4.96. The van der Waals surface area contributed by atoms with Crippen molar-refractivity contribution in [1.29, 1.82) is 0 Å². The Hall–Kier alpha value is -1.04. The van der Waals surface area contributed by atoms with Crippen molar-refractivity contribution >= 4 is 6.08 Å². The van der Waals surface area contributed by atoms with Crippen LogP contribution in [-0.4, -0.2) is 0 Å². The van der Waals surface area contributed by atoms with Gasteiger partial charge in [0.15, 0.2) is 0 Å². The van der Waals surface area contributed by atoms with Crippen LogP contribution in [0.5, 0.6) is 0 Å². The van der Waals surface area contributed by atoms with E-state index in [1.54, 1.807) is 16.7 Å². The Morgan fingerprint density at radius 3 is 2.06 bits per heavy atom. The van der Waals surface area contributed by atoms with E-state index in [1.807, 2.05) is 0 Å². The number of benzene rings is 1. The molecule has 0 heterocycles. The summed E-state index contributed by atoms with van der Waals surface area (Å²) in [6.45, 7) is 0. The quantitative estimate of drug-likeness (QED) is 0.601. The molecule has 0 N–H and O–H groups in total. The van der Waals surface area contributed by atoms with Gasteiger partial charge in [-0.1, -0.05) is 50.0 Å². The Balaban J connectivity index is 1.89. The van der Waals surface area contributed by atoms with Gasteiger partial charge in [0.25, 0.3) is 0 Å². The van der Waals surface area contributed by atoms with Crippen LogP contribution < -0.4 is 0 Å². The Morgan fingerprint density at radius 2 is 1.29 bits per heavy atom. The predicted octanol–water partition coefficient (Wildman–Crippen LogP) is 4.70. The molecule has 0 nitrogen and oxygen atoms in total. The van der Waals surface area contributed by atoms with E-state index >= 15 is 0 Å². The summed E-state index contributed by atoms with van der Waals surface area (Å²) in [5.74, 6) is 0. The molecule has 0 bridgehead atoms. The maximum absolute atomic E-state index is 2.49. The molecule has 3 rings (SSSR count). The van der Waals surface area contributed by atoms with E-state index in [9.17, 15) is 0 Å². The van der Waals surface area contributed by atoms with Gasteiger partial charge >= 0.3 is 0 Å². The van der Waals surface area contributed by atoms with E-state index in [-0.39, 0.29) is 0 Å². The minimum atomic E-state index is 1.16. The van der Waals surface area contributed by atoms with Gasteiger partial charge in [0, 0.05) is 0 Å². The number of rotatable bonds is 0. The number of fused-ring (bicyclic) bond motifs is 2. The number of hydrogen-bond acceptors (Lipinski definition) is 0. The van der Waals surface area contributed by atoms with Crippen LogP contribution in [0.2, 0.25) is 0 Å². The fourth-order valence-electron chi connectivity index (χ4n) is 3.21. The van der Waals surface area contributed by atoms with E-state index < -0.39 is 0 Å². The highest BCUT2D eigenvalue weighted by Gasteiger charge is 2.11. The second kappa shape index (κ2) is 5.08. The molecule has 0 fully saturated rings. The highest BCUT2D eigenvalue weighted by Crippen LogP contribution is 2.27. The van der Waals surface area contributed by atoms with Crippen LogP contribution in [0.4, 0.5) is 0 Å². The Labute approximate surface area is 105 Å². The molecule has 2 aliphatic carbocycles. The van der Waals surface area contributed by atoms with Crippen molar-refractivity contribution in [2.45, 2.75) is 57.8 Å². The van der Waals surface area contributed by atoms with Crippen LogP contribution >= 0.6 is 0 Å². The SMILES string of the molecule is C1=Cc2cc3c(cc2C1)CCCCCCCC3. The molecule has 17 heavy (non-hydrogen) atoms. The molecule has 2 aliphatic rings. The molecule has 0 saturated heterocycles. The fourth-order valence-corrected chi connectivity index (χ4v) is 3.21. The maximum atomic E-state index is 2.49. The lowest BCUT2D eigenvalue weighted by Gasteiger charge is -2.14. The highest BCUT2D eigenvalue weighted by molar-refractivity contribution is 5.62. The van der Waals surface area contributed by atoms with Crippen molar-refractivity contribution in [1.82, 2.24) is 0 Å². The second-order valence-corrected chi connectivity index (χ2v) is 5.55. The van der Waals surface area contributed by atoms with Gasteiger partial charge in [0.05, 0.1) is 0 Å². The number of hydrogen-bond donors (Lipinski definition) is 0. The van der Waals surface area contributed by atoms with Crippen LogP contribution in [0.25, 0.3) is 6.08 Å². The summed E-state index contributed by atoms with van der Waals surface area (Å²) in [7, 11) is 0. The minimum Gasteiger partial charge on any atom is -0.0795 e. The van der Waals surface area contributed by atoms with Gasteiger partial charge in [-0.2, -0.15) is 0 Å². The first-order chi connectivity index (χ1) is 8.43. The molecular weight excluding hydrogens is 204 g/mol. The monoisotopic (exact) mass is 226 g/mol. The molecule has 0 radical (unpaired) electrons. The zero-order valence-corrected chi connectivity index (χ0v) is 10.7. The normalized spacial score (nSPS) is 19.8. The molecule has 0 aromatic heterocycles. The van der Waals surface area contributed by atoms with Gasteiger partial charge in [-0.15, -0.1) is 0 Å². The molecule has 0 unspecified atom stereocenters. The maximum Gasteiger partial charge on any atom is -0.00881 e. The average Bonchev–Trinajstić information content (AvgIpc) is 2.80. The van der Waals surface area contributed by atoms with Crippen LogP contribution in [0, 0.1) is 0 Å². The zero-order valence-electron chi connectivity index (χ0n) is 10.7. The van der Waals surface area contributed by atoms with Crippen molar-refractivity contribution in [3.63, 3.8) is 0 Å². The topological polar surface area (TPSA) is 0 Å². The third-order valence-corrected chi connectivity index (χ3v) is 4.24. The first-order valence-corrected chi connectivity index (χ1v) is 7.25. The lowest BCUT2D eigenvalue weighted by molar-refractivity contribution is 0.580. The standard InChI is InChI=1S/C17H22/c1-2-4-6-9-15-13-17-11-7-10-16(17)12-14(15)8-5-3-1/h7,10,12-13H,1-6,8-9,11H2. The van der Waals surface area contributed by atoms with Crippen LogP contribution in [0.15, 0.2) is 18.2 Å². The minimum absolute atomic E-state index is 1.16. The van der Waals surface area contributed by atoms with Crippen LogP contribution in [0.3, 0.4) is 0 Å². The van der Waals surface area contributed by atoms with Crippen LogP contribution in [-0.2, 0) is 19.3 Å².